The van der Waals surface area contributed by atoms with E-state index in [2.05, 4.69) is 9.47 Å². The number of rotatable bonds is 6. The third-order valence-electron chi connectivity index (χ3n) is 4.48. The Kier molecular flexibility index (Phi) is 6.43. The molecule has 0 aliphatic rings. The number of halogens is 7. The van der Waals surface area contributed by atoms with Gasteiger partial charge in [-0.2, -0.15) is 30.7 Å². The molecule has 170 valence electrons. The number of benzene rings is 2. The van der Waals surface area contributed by atoms with Crippen molar-refractivity contribution >= 4 is 22.6 Å². The fourth-order valence-electron chi connectivity index (χ4n) is 2.89. The summed E-state index contributed by atoms with van der Waals surface area (Å²) in [4.78, 5) is 24.9. The van der Waals surface area contributed by atoms with Gasteiger partial charge in [0.2, 0.25) is 0 Å². The van der Waals surface area contributed by atoms with Crippen molar-refractivity contribution in [3.05, 3.63) is 41.5 Å². The lowest BCUT2D eigenvalue weighted by atomic mass is 9.92. The lowest BCUT2D eigenvalue weighted by Crippen LogP contribution is -2.50. The van der Waals surface area contributed by atoms with Crippen molar-refractivity contribution in [3.63, 3.8) is 0 Å². The number of hydrogen-bond acceptors (Lipinski definition) is 4. The van der Waals surface area contributed by atoms with Crippen molar-refractivity contribution in [2.45, 2.75) is 18.0 Å². The molecule has 2 aromatic carbocycles. The maximum Gasteiger partial charge on any atom is 0.460 e. The van der Waals surface area contributed by atoms with Gasteiger partial charge in [0.15, 0.2) is 0 Å². The third kappa shape index (κ3) is 4.10. The number of esters is 1. The molecule has 0 fully saturated rings. The van der Waals surface area contributed by atoms with Crippen LogP contribution in [0.15, 0.2) is 30.3 Å². The largest absolute Gasteiger partial charge is 0.496 e. The molecule has 0 radical (unpaired) electrons. The van der Waals surface area contributed by atoms with Gasteiger partial charge in [-0.25, -0.2) is 0 Å². The molecule has 2 rings (SSSR count). The lowest BCUT2D eigenvalue weighted by Gasteiger charge is -2.30. The van der Waals surface area contributed by atoms with Crippen LogP contribution in [-0.4, -0.2) is 56.7 Å². The minimum absolute atomic E-state index is 0.307. The Labute approximate surface area is 171 Å². The molecule has 1 amide bonds. The van der Waals surface area contributed by atoms with Crippen LogP contribution in [0.25, 0.3) is 10.8 Å². The Balaban J connectivity index is 2.76. The van der Waals surface area contributed by atoms with Gasteiger partial charge in [0.1, 0.15) is 12.3 Å². The first-order valence-corrected chi connectivity index (χ1v) is 8.45. The zero-order valence-electron chi connectivity index (χ0n) is 16.3. The predicted molar refractivity (Wildman–Crippen MR) is 94.4 cm³/mol. The summed E-state index contributed by atoms with van der Waals surface area (Å²) >= 11 is 0. The maximum atomic E-state index is 14.6. The summed E-state index contributed by atoms with van der Waals surface area (Å²) in [6, 6.07) is 4.87. The van der Waals surface area contributed by atoms with Gasteiger partial charge < -0.3 is 14.4 Å². The molecule has 0 aliphatic carbocycles. The smallest absolute Gasteiger partial charge is 0.460 e. The second-order valence-corrected chi connectivity index (χ2v) is 6.43. The first kappa shape index (κ1) is 24.2. The fraction of sp³-hybridized carbons (Fsp3) is 0.368. The molecule has 0 saturated carbocycles. The molecular formula is C19H16F7NO4. The number of carbonyl (C=O) groups is 2. The molecule has 12 heteroatoms. The first-order chi connectivity index (χ1) is 14.2. The van der Waals surface area contributed by atoms with E-state index in [0.29, 0.717) is 0 Å². The van der Waals surface area contributed by atoms with E-state index in [1.165, 1.54) is 7.05 Å². The number of fused-ring (bicyclic) bond motifs is 1. The highest BCUT2D eigenvalue weighted by Gasteiger charge is 2.74. The molecule has 0 aromatic heterocycles. The minimum Gasteiger partial charge on any atom is -0.496 e. The summed E-state index contributed by atoms with van der Waals surface area (Å²) in [5, 5.41) is -1.08. The van der Waals surface area contributed by atoms with Gasteiger partial charge in [0.25, 0.3) is 5.91 Å². The zero-order valence-corrected chi connectivity index (χ0v) is 16.3. The van der Waals surface area contributed by atoms with Crippen molar-refractivity contribution in [1.29, 1.82) is 0 Å². The molecule has 0 unspecified atom stereocenters. The number of methoxy groups -OCH3 is 2. The third-order valence-corrected chi connectivity index (χ3v) is 4.48. The van der Waals surface area contributed by atoms with Crippen LogP contribution < -0.4 is 4.74 Å². The van der Waals surface area contributed by atoms with Crippen molar-refractivity contribution < 1.29 is 49.8 Å². The summed E-state index contributed by atoms with van der Waals surface area (Å²) in [6.07, 6.45) is -6.56. The second-order valence-electron chi connectivity index (χ2n) is 6.43. The molecule has 0 bridgehead atoms. The molecule has 5 nitrogen and oxygen atoms in total. The van der Waals surface area contributed by atoms with Crippen LogP contribution in [0.2, 0.25) is 0 Å². The van der Waals surface area contributed by atoms with Gasteiger partial charge in [-0.1, -0.05) is 12.1 Å². The monoisotopic (exact) mass is 455 g/mol. The molecule has 0 N–H and O–H groups in total. The van der Waals surface area contributed by atoms with Crippen LogP contribution in [0.4, 0.5) is 30.7 Å². The summed E-state index contributed by atoms with van der Waals surface area (Å²) in [7, 11) is 3.08. The number of likely N-dealkylation sites (N-methyl/N-ethyl adjacent to an activating group) is 1. The highest BCUT2D eigenvalue weighted by atomic mass is 19.4. The van der Waals surface area contributed by atoms with E-state index < -0.39 is 53.1 Å². The number of amides is 1. The van der Waals surface area contributed by atoms with Gasteiger partial charge in [-0.05, 0) is 29.0 Å². The van der Waals surface area contributed by atoms with Crippen LogP contribution in [0, 0.1) is 0 Å². The van der Waals surface area contributed by atoms with Gasteiger partial charge in [-0.3, -0.25) is 9.59 Å². The molecular weight excluding hydrogens is 439 g/mol. The second kappa shape index (κ2) is 8.23. The average Bonchev–Trinajstić information content (AvgIpc) is 2.70. The Morgan fingerprint density at radius 2 is 1.55 bits per heavy atom. The van der Waals surface area contributed by atoms with E-state index in [1.807, 2.05) is 0 Å². The van der Waals surface area contributed by atoms with Crippen molar-refractivity contribution in [3.8, 4) is 5.75 Å². The Morgan fingerprint density at radius 3 is 2.06 bits per heavy atom. The van der Waals surface area contributed by atoms with Gasteiger partial charge >= 0.3 is 24.0 Å². The molecule has 0 spiro atoms. The molecule has 0 heterocycles. The molecule has 0 atom stereocenters. The predicted octanol–water partition coefficient (Wildman–Crippen LogP) is 4.38. The van der Waals surface area contributed by atoms with Gasteiger partial charge in [-0.15, -0.1) is 0 Å². The highest BCUT2D eigenvalue weighted by molar-refractivity contribution is 6.08. The van der Waals surface area contributed by atoms with Crippen LogP contribution in [0.1, 0.15) is 15.9 Å². The molecule has 31 heavy (non-hydrogen) atoms. The molecule has 0 aliphatic heterocycles. The first-order valence-electron chi connectivity index (χ1n) is 8.45. The van der Waals surface area contributed by atoms with Gasteiger partial charge in [0, 0.05) is 12.6 Å². The standard InChI is InChI=1S/C19H16F7NO4/c1-27(9-14(28)31-3)16(29)12-6-4-5-11-10(12)7-8-13(30-2)15(11)17(20,21)18(22,23)19(24,25)26/h4-8H,9H2,1-3H3. The van der Waals surface area contributed by atoms with E-state index in [1.54, 1.807) is 0 Å². The lowest BCUT2D eigenvalue weighted by molar-refractivity contribution is -0.359. The number of hydrogen-bond donors (Lipinski definition) is 0. The highest BCUT2D eigenvalue weighted by Crippen LogP contribution is 2.55. The number of alkyl halides is 7. The Bertz CT molecular complexity index is 1000. The quantitative estimate of drug-likeness (QED) is 0.479. The minimum atomic E-state index is -6.56. The van der Waals surface area contributed by atoms with E-state index in [-0.39, 0.29) is 10.9 Å². The number of ether oxygens (including phenoxy) is 2. The van der Waals surface area contributed by atoms with E-state index in [9.17, 15) is 40.3 Å². The Morgan fingerprint density at radius 1 is 0.935 bits per heavy atom. The number of nitrogens with zero attached hydrogens (tertiary/aromatic N) is 1. The average molecular weight is 455 g/mol. The maximum absolute atomic E-state index is 14.6. The topological polar surface area (TPSA) is 55.8 Å². The van der Waals surface area contributed by atoms with Crippen LogP contribution in [0.3, 0.4) is 0 Å². The zero-order chi connectivity index (χ0) is 23.8. The normalized spacial score (nSPS) is 12.6. The summed E-state index contributed by atoms with van der Waals surface area (Å²) in [6.45, 7) is -0.517. The van der Waals surface area contributed by atoms with Crippen LogP contribution >= 0.6 is 0 Å². The SMILES string of the molecule is COC(=O)CN(C)C(=O)c1cccc2c(C(F)(F)C(F)(F)C(F)(F)F)c(OC)ccc12. The summed E-state index contributed by atoms with van der Waals surface area (Å²) in [5.41, 5.74) is -2.03. The van der Waals surface area contributed by atoms with Crippen LogP contribution in [-0.2, 0) is 15.5 Å². The van der Waals surface area contributed by atoms with E-state index in [0.717, 1.165) is 49.5 Å². The molecule has 2 aromatic rings. The molecule has 0 saturated heterocycles. The van der Waals surface area contributed by atoms with Crippen LogP contribution in [0.5, 0.6) is 5.75 Å². The van der Waals surface area contributed by atoms with Crippen molar-refractivity contribution in [2.24, 2.45) is 0 Å². The summed E-state index contributed by atoms with van der Waals surface area (Å²) < 4.78 is 104. The van der Waals surface area contributed by atoms with Crippen molar-refractivity contribution in [1.82, 2.24) is 4.90 Å². The Hall–Kier alpha value is -3.05. The summed E-state index contributed by atoms with van der Waals surface area (Å²) in [5.74, 6) is -14.7. The van der Waals surface area contributed by atoms with Crippen molar-refractivity contribution in [2.75, 3.05) is 27.8 Å². The number of carbonyl (C=O) groups excluding carboxylic acids is 2. The van der Waals surface area contributed by atoms with Gasteiger partial charge in [0.05, 0.1) is 19.8 Å². The van der Waals surface area contributed by atoms with E-state index >= 15 is 0 Å². The van der Waals surface area contributed by atoms with E-state index in [4.69, 9.17) is 0 Å². The fourth-order valence-corrected chi connectivity index (χ4v) is 2.89.